The molecule has 0 aliphatic rings. The van der Waals surface area contributed by atoms with E-state index in [2.05, 4.69) is 15.9 Å². The first-order valence-corrected chi connectivity index (χ1v) is 5.23. The van der Waals surface area contributed by atoms with Crippen LogP contribution in [0, 0.1) is 11.6 Å². The van der Waals surface area contributed by atoms with Crippen LogP contribution in [0.15, 0.2) is 16.6 Å². The summed E-state index contributed by atoms with van der Waals surface area (Å²) in [5.41, 5.74) is 5.71. The van der Waals surface area contributed by atoms with Crippen molar-refractivity contribution in [2.45, 2.75) is 25.8 Å². The summed E-state index contributed by atoms with van der Waals surface area (Å²) in [7, 11) is 0. The minimum Gasteiger partial charge on any atom is -0.327 e. The number of hydrogen-bond acceptors (Lipinski definition) is 1. The van der Waals surface area contributed by atoms with Gasteiger partial charge in [-0.1, -0.05) is 6.92 Å². The number of benzene rings is 1. The molecular formula is C10H12BrF2N. The van der Waals surface area contributed by atoms with Crippen LogP contribution in [0.5, 0.6) is 0 Å². The zero-order chi connectivity index (χ0) is 10.7. The quantitative estimate of drug-likeness (QED) is 0.834. The lowest BCUT2D eigenvalue weighted by Crippen LogP contribution is -2.22. The molecule has 0 fully saturated rings. The molecule has 0 saturated carbocycles. The van der Waals surface area contributed by atoms with Gasteiger partial charge in [-0.15, -0.1) is 0 Å². The van der Waals surface area contributed by atoms with Crippen molar-refractivity contribution in [1.82, 2.24) is 0 Å². The fraction of sp³-hybridized carbons (Fsp3) is 0.400. The Morgan fingerprint density at radius 2 is 2.07 bits per heavy atom. The van der Waals surface area contributed by atoms with E-state index in [0.29, 0.717) is 6.42 Å². The van der Waals surface area contributed by atoms with Crippen molar-refractivity contribution in [3.05, 3.63) is 33.8 Å². The predicted molar refractivity (Wildman–Crippen MR) is 56.0 cm³/mol. The minimum absolute atomic E-state index is 0.0636. The summed E-state index contributed by atoms with van der Waals surface area (Å²) in [5, 5.41) is 0. The van der Waals surface area contributed by atoms with Crippen molar-refractivity contribution in [1.29, 1.82) is 0 Å². The van der Waals surface area contributed by atoms with Gasteiger partial charge in [0.15, 0.2) is 0 Å². The standard InChI is InChI=1S/C10H12BrF2N/c1-2-6(14)5-7-9(12)4-3-8(11)10(7)13/h3-4,6H,2,5,14H2,1H3. The van der Waals surface area contributed by atoms with Crippen molar-refractivity contribution in [2.75, 3.05) is 0 Å². The number of halogens is 3. The van der Waals surface area contributed by atoms with Crippen LogP contribution in [-0.2, 0) is 6.42 Å². The monoisotopic (exact) mass is 263 g/mol. The first kappa shape index (κ1) is 11.6. The molecule has 0 saturated heterocycles. The summed E-state index contributed by atoms with van der Waals surface area (Å²) < 4.78 is 26.9. The van der Waals surface area contributed by atoms with Gasteiger partial charge in [-0.3, -0.25) is 0 Å². The third-order valence-electron chi connectivity index (χ3n) is 2.13. The molecule has 2 N–H and O–H groups in total. The molecule has 0 bridgehead atoms. The van der Waals surface area contributed by atoms with Crippen LogP contribution in [-0.4, -0.2) is 6.04 Å². The van der Waals surface area contributed by atoms with Crippen molar-refractivity contribution < 1.29 is 8.78 Å². The normalized spacial score (nSPS) is 12.9. The Bertz CT molecular complexity index is 328. The first-order chi connectivity index (χ1) is 6.56. The second-order valence-corrected chi connectivity index (χ2v) is 4.05. The van der Waals surface area contributed by atoms with E-state index < -0.39 is 11.6 Å². The van der Waals surface area contributed by atoms with Crippen molar-refractivity contribution in [3.63, 3.8) is 0 Å². The largest absolute Gasteiger partial charge is 0.327 e. The molecule has 1 atom stereocenters. The van der Waals surface area contributed by atoms with E-state index in [1.165, 1.54) is 12.1 Å². The van der Waals surface area contributed by atoms with Gasteiger partial charge < -0.3 is 5.73 Å². The van der Waals surface area contributed by atoms with Gasteiger partial charge in [-0.05, 0) is 40.9 Å². The van der Waals surface area contributed by atoms with Crippen LogP contribution in [0.4, 0.5) is 8.78 Å². The van der Waals surface area contributed by atoms with Crippen LogP contribution in [0.3, 0.4) is 0 Å². The maximum Gasteiger partial charge on any atom is 0.143 e. The Hall–Kier alpha value is -0.480. The molecule has 1 unspecified atom stereocenters. The molecule has 0 aliphatic carbocycles. The highest BCUT2D eigenvalue weighted by Gasteiger charge is 2.14. The van der Waals surface area contributed by atoms with E-state index in [0.717, 1.165) is 0 Å². The Balaban J connectivity index is 3.00. The fourth-order valence-electron chi connectivity index (χ4n) is 1.16. The Morgan fingerprint density at radius 3 is 2.64 bits per heavy atom. The molecule has 1 aromatic carbocycles. The minimum atomic E-state index is -0.547. The summed E-state index contributed by atoms with van der Waals surface area (Å²) in [6.07, 6.45) is 0.930. The van der Waals surface area contributed by atoms with Crippen molar-refractivity contribution in [2.24, 2.45) is 5.73 Å². The molecule has 0 aromatic heterocycles. The van der Waals surface area contributed by atoms with E-state index in [4.69, 9.17) is 5.73 Å². The van der Waals surface area contributed by atoms with E-state index >= 15 is 0 Å². The number of nitrogens with two attached hydrogens (primary N) is 1. The van der Waals surface area contributed by atoms with Gasteiger partial charge in [0.25, 0.3) is 0 Å². The van der Waals surface area contributed by atoms with Crippen LogP contribution in [0.2, 0.25) is 0 Å². The summed E-state index contributed by atoms with van der Waals surface area (Å²) >= 11 is 3.01. The third-order valence-corrected chi connectivity index (χ3v) is 2.74. The maximum absolute atomic E-state index is 13.4. The Labute approximate surface area is 90.4 Å². The lowest BCUT2D eigenvalue weighted by molar-refractivity contribution is 0.527. The van der Waals surface area contributed by atoms with Gasteiger partial charge in [0.2, 0.25) is 0 Å². The van der Waals surface area contributed by atoms with Crippen LogP contribution < -0.4 is 5.73 Å². The van der Waals surface area contributed by atoms with E-state index in [1.807, 2.05) is 6.92 Å². The van der Waals surface area contributed by atoms with Crippen LogP contribution >= 0.6 is 15.9 Å². The molecular weight excluding hydrogens is 252 g/mol. The molecule has 0 radical (unpaired) electrons. The molecule has 4 heteroatoms. The molecule has 0 aliphatic heterocycles. The third kappa shape index (κ3) is 2.51. The molecule has 0 amide bonds. The summed E-state index contributed by atoms with van der Waals surface area (Å²) in [4.78, 5) is 0. The van der Waals surface area contributed by atoms with Crippen molar-refractivity contribution >= 4 is 15.9 Å². The zero-order valence-electron chi connectivity index (χ0n) is 7.86. The maximum atomic E-state index is 13.4. The molecule has 0 heterocycles. The SMILES string of the molecule is CCC(N)Cc1c(F)ccc(Br)c1F. The van der Waals surface area contributed by atoms with Crippen LogP contribution in [0.1, 0.15) is 18.9 Å². The van der Waals surface area contributed by atoms with Gasteiger partial charge in [-0.2, -0.15) is 0 Å². The predicted octanol–water partition coefficient (Wildman–Crippen LogP) is 3.01. The average Bonchev–Trinajstić information content (AvgIpc) is 2.18. The van der Waals surface area contributed by atoms with E-state index in [9.17, 15) is 8.78 Å². The molecule has 1 nitrogen and oxygen atoms in total. The molecule has 14 heavy (non-hydrogen) atoms. The summed E-state index contributed by atoms with van der Waals surface area (Å²) in [5.74, 6) is -1.08. The van der Waals surface area contributed by atoms with E-state index in [-0.39, 0.29) is 22.5 Å². The van der Waals surface area contributed by atoms with Gasteiger partial charge in [-0.25, -0.2) is 8.78 Å². The average molecular weight is 264 g/mol. The topological polar surface area (TPSA) is 26.0 Å². The van der Waals surface area contributed by atoms with Gasteiger partial charge in [0, 0.05) is 11.6 Å². The smallest absolute Gasteiger partial charge is 0.143 e. The molecule has 0 spiro atoms. The van der Waals surface area contributed by atoms with Crippen molar-refractivity contribution in [3.8, 4) is 0 Å². The van der Waals surface area contributed by atoms with Gasteiger partial charge in [0.1, 0.15) is 11.6 Å². The highest BCUT2D eigenvalue weighted by molar-refractivity contribution is 9.10. The number of rotatable bonds is 3. The van der Waals surface area contributed by atoms with Crippen LogP contribution in [0.25, 0.3) is 0 Å². The second kappa shape index (κ2) is 4.84. The lowest BCUT2D eigenvalue weighted by Gasteiger charge is -2.11. The number of hydrogen-bond donors (Lipinski definition) is 1. The zero-order valence-corrected chi connectivity index (χ0v) is 9.44. The molecule has 78 valence electrons. The molecule has 1 rings (SSSR count). The Morgan fingerprint density at radius 1 is 1.43 bits per heavy atom. The highest BCUT2D eigenvalue weighted by atomic mass is 79.9. The fourth-order valence-corrected chi connectivity index (χ4v) is 1.53. The second-order valence-electron chi connectivity index (χ2n) is 3.19. The molecule has 1 aromatic rings. The van der Waals surface area contributed by atoms with Gasteiger partial charge >= 0.3 is 0 Å². The Kier molecular flexibility index (Phi) is 4.01. The summed E-state index contributed by atoms with van der Waals surface area (Å²) in [6, 6.07) is 2.39. The highest BCUT2D eigenvalue weighted by Crippen LogP contribution is 2.22. The first-order valence-electron chi connectivity index (χ1n) is 4.44. The lowest BCUT2D eigenvalue weighted by atomic mass is 10.0. The van der Waals surface area contributed by atoms with Gasteiger partial charge in [0.05, 0.1) is 4.47 Å². The summed E-state index contributed by atoms with van der Waals surface area (Å²) in [6.45, 7) is 1.89. The van der Waals surface area contributed by atoms with E-state index in [1.54, 1.807) is 0 Å².